The van der Waals surface area contributed by atoms with Crippen LogP contribution in [-0.4, -0.2) is 12.1 Å². The summed E-state index contributed by atoms with van der Waals surface area (Å²) in [5.74, 6) is 0. The summed E-state index contributed by atoms with van der Waals surface area (Å²) < 4.78 is 0. The van der Waals surface area contributed by atoms with Crippen molar-refractivity contribution >= 4 is 0 Å². The maximum absolute atomic E-state index is 3.65. The minimum atomic E-state index is 0. The molecule has 12 heavy (non-hydrogen) atoms. The Morgan fingerprint density at radius 3 is 1.25 bits per heavy atom. The normalized spacial score (nSPS) is 22.0. The average molecular weight is 574 g/mol. The van der Waals surface area contributed by atoms with Gasteiger partial charge in [0.05, 0.1) is 0 Å². The van der Waals surface area contributed by atoms with Crippen LogP contribution < -0.4 is 53.3 Å². The van der Waals surface area contributed by atoms with Crippen LogP contribution in [0.25, 0.3) is 0 Å². The van der Waals surface area contributed by atoms with Crippen molar-refractivity contribution in [1.29, 1.82) is 0 Å². The molecule has 0 radical (unpaired) electrons. The van der Waals surface area contributed by atoms with E-state index >= 15 is 0 Å². The standard InChI is InChI=1S/C8H15N.2HI.Pt/c1-3-7(4-1)9-8-5-2-6-8;;;/h7-9H,1-6H2;2*1H;/q;;;+2/p-2. The van der Waals surface area contributed by atoms with Crippen molar-refractivity contribution in [1.82, 2.24) is 5.32 Å². The number of hydrogen-bond donors (Lipinski definition) is 1. The minimum Gasteiger partial charge on any atom is -1.00 e. The topological polar surface area (TPSA) is 12.0 Å². The first-order valence-corrected chi connectivity index (χ1v) is 4.21. The quantitative estimate of drug-likeness (QED) is 0.330. The van der Waals surface area contributed by atoms with E-state index in [-0.39, 0.29) is 69.0 Å². The Kier molecular flexibility index (Phi) is 11.6. The Morgan fingerprint density at radius 2 is 1.08 bits per heavy atom. The van der Waals surface area contributed by atoms with Gasteiger partial charge < -0.3 is 53.3 Å². The van der Waals surface area contributed by atoms with E-state index in [0.29, 0.717) is 0 Å². The van der Waals surface area contributed by atoms with Gasteiger partial charge in [-0.1, -0.05) is 12.8 Å². The third-order valence-electron chi connectivity index (χ3n) is 2.68. The van der Waals surface area contributed by atoms with Gasteiger partial charge in [0.15, 0.2) is 0 Å². The van der Waals surface area contributed by atoms with Gasteiger partial charge in [0.2, 0.25) is 0 Å². The summed E-state index contributed by atoms with van der Waals surface area (Å²) in [5.41, 5.74) is 0. The van der Waals surface area contributed by atoms with Crippen molar-refractivity contribution < 1.29 is 69.0 Å². The van der Waals surface area contributed by atoms with E-state index in [2.05, 4.69) is 5.32 Å². The molecule has 4 heteroatoms. The van der Waals surface area contributed by atoms with Crippen LogP contribution in [-0.2, 0) is 21.1 Å². The average Bonchev–Trinajstić information content (AvgIpc) is 1.57. The van der Waals surface area contributed by atoms with E-state index in [9.17, 15) is 0 Å². The van der Waals surface area contributed by atoms with Gasteiger partial charge in [-0.2, -0.15) is 0 Å². The Morgan fingerprint density at radius 1 is 0.750 bits per heavy atom. The summed E-state index contributed by atoms with van der Waals surface area (Å²) in [7, 11) is 0. The zero-order valence-electron chi connectivity index (χ0n) is 6.97. The van der Waals surface area contributed by atoms with E-state index < -0.39 is 0 Å². The SMILES string of the molecule is C1CC(NC2CCC2)C1.[I-].[I-].[Pt+2]. The third-order valence-corrected chi connectivity index (χ3v) is 2.68. The van der Waals surface area contributed by atoms with Crippen LogP contribution in [0.1, 0.15) is 38.5 Å². The van der Waals surface area contributed by atoms with Crippen LogP contribution in [0.4, 0.5) is 0 Å². The first kappa shape index (κ1) is 16.5. The van der Waals surface area contributed by atoms with Gasteiger partial charge in [0.1, 0.15) is 0 Å². The summed E-state index contributed by atoms with van der Waals surface area (Å²) in [6, 6.07) is 1.82. The molecule has 76 valence electrons. The molecule has 0 aromatic rings. The number of nitrogens with one attached hydrogen (secondary N) is 1. The molecule has 1 N–H and O–H groups in total. The van der Waals surface area contributed by atoms with Gasteiger partial charge in [-0.3, -0.25) is 0 Å². The van der Waals surface area contributed by atoms with Crippen molar-refractivity contribution in [2.24, 2.45) is 0 Å². The molecule has 0 saturated heterocycles. The van der Waals surface area contributed by atoms with Gasteiger partial charge in [-0.25, -0.2) is 0 Å². The molecule has 0 amide bonds. The van der Waals surface area contributed by atoms with E-state index in [0.717, 1.165) is 12.1 Å². The second-order valence-electron chi connectivity index (χ2n) is 3.42. The molecule has 0 aromatic carbocycles. The molecule has 0 aromatic heterocycles. The number of halogens is 2. The predicted octanol–water partition coefficient (Wildman–Crippen LogP) is -4.31. The van der Waals surface area contributed by atoms with Gasteiger partial charge in [-0.15, -0.1) is 0 Å². The van der Waals surface area contributed by atoms with Gasteiger partial charge >= 0.3 is 21.1 Å². The second kappa shape index (κ2) is 8.42. The van der Waals surface area contributed by atoms with E-state index in [1.807, 2.05) is 0 Å². The summed E-state index contributed by atoms with van der Waals surface area (Å²) in [6.07, 6.45) is 8.69. The summed E-state index contributed by atoms with van der Waals surface area (Å²) >= 11 is 0. The molecule has 2 saturated carbocycles. The predicted molar refractivity (Wildman–Crippen MR) is 38.4 cm³/mol. The molecule has 2 aliphatic rings. The van der Waals surface area contributed by atoms with Crippen LogP contribution in [0, 0.1) is 0 Å². The molecule has 2 aliphatic carbocycles. The fourth-order valence-electron chi connectivity index (χ4n) is 1.48. The Labute approximate surface area is 124 Å². The molecular weight excluding hydrogens is 559 g/mol. The molecule has 0 bridgehead atoms. The summed E-state index contributed by atoms with van der Waals surface area (Å²) in [5, 5.41) is 3.65. The first-order valence-electron chi connectivity index (χ1n) is 4.21. The smallest absolute Gasteiger partial charge is 1.00 e. The largest absolute Gasteiger partial charge is 2.00 e. The van der Waals surface area contributed by atoms with Crippen LogP contribution in [0.15, 0.2) is 0 Å². The Bertz CT molecular complexity index is 93.2. The summed E-state index contributed by atoms with van der Waals surface area (Å²) in [4.78, 5) is 0. The molecule has 0 aliphatic heterocycles. The van der Waals surface area contributed by atoms with Gasteiger partial charge in [0.25, 0.3) is 0 Å². The Hall–Kier alpha value is 2.11. The number of rotatable bonds is 2. The van der Waals surface area contributed by atoms with Crippen LogP contribution >= 0.6 is 0 Å². The van der Waals surface area contributed by atoms with Crippen molar-refractivity contribution in [2.45, 2.75) is 50.6 Å². The molecule has 2 fully saturated rings. The van der Waals surface area contributed by atoms with Crippen LogP contribution in [0.5, 0.6) is 0 Å². The molecule has 2 rings (SSSR count). The Balaban J connectivity index is 0. The van der Waals surface area contributed by atoms with Crippen LogP contribution in [0.2, 0.25) is 0 Å². The minimum absolute atomic E-state index is 0. The second-order valence-corrected chi connectivity index (χ2v) is 3.42. The zero-order valence-corrected chi connectivity index (χ0v) is 13.6. The van der Waals surface area contributed by atoms with Crippen molar-refractivity contribution in [2.75, 3.05) is 0 Å². The van der Waals surface area contributed by atoms with Crippen molar-refractivity contribution in [3.63, 3.8) is 0 Å². The summed E-state index contributed by atoms with van der Waals surface area (Å²) in [6.45, 7) is 0. The van der Waals surface area contributed by atoms with E-state index in [1.54, 1.807) is 0 Å². The molecule has 0 atom stereocenters. The third kappa shape index (κ3) is 4.56. The van der Waals surface area contributed by atoms with Crippen LogP contribution in [0.3, 0.4) is 0 Å². The molecular formula is C8H15I2NPt. The molecule has 0 spiro atoms. The van der Waals surface area contributed by atoms with E-state index in [1.165, 1.54) is 38.5 Å². The zero-order chi connectivity index (χ0) is 6.10. The number of hydrogen-bond acceptors (Lipinski definition) is 1. The maximum atomic E-state index is 3.65. The molecule has 0 unspecified atom stereocenters. The molecule has 1 nitrogen and oxygen atoms in total. The van der Waals surface area contributed by atoms with E-state index in [4.69, 9.17) is 0 Å². The monoisotopic (exact) mass is 574 g/mol. The first-order chi connectivity index (χ1) is 4.45. The van der Waals surface area contributed by atoms with Gasteiger partial charge in [-0.05, 0) is 25.7 Å². The van der Waals surface area contributed by atoms with Crippen molar-refractivity contribution in [3.8, 4) is 0 Å². The fraction of sp³-hybridized carbons (Fsp3) is 1.00. The van der Waals surface area contributed by atoms with Gasteiger partial charge in [0, 0.05) is 12.1 Å². The molecule has 0 heterocycles. The maximum Gasteiger partial charge on any atom is 2.00 e. The fourth-order valence-corrected chi connectivity index (χ4v) is 1.48. The van der Waals surface area contributed by atoms with Crippen molar-refractivity contribution in [3.05, 3.63) is 0 Å².